The maximum atomic E-state index is 12.2. The van der Waals surface area contributed by atoms with E-state index in [0.29, 0.717) is 18.0 Å². The number of hydrogen-bond donors (Lipinski definition) is 1. The number of fused-ring (bicyclic) bond motifs is 1. The Morgan fingerprint density at radius 1 is 1.39 bits per heavy atom. The molecule has 0 fully saturated rings. The van der Waals surface area contributed by atoms with Crippen molar-refractivity contribution >= 4 is 23.3 Å². The van der Waals surface area contributed by atoms with Crippen molar-refractivity contribution in [2.24, 2.45) is 0 Å². The van der Waals surface area contributed by atoms with Gasteiger partial charge in [0.2, 0.25) is 6.79 Å². The number of aryl methyl sites for hydroxylation is 1. The molecule has 0 saturated heterocycles. The van der Waals surface area contributed by atoms with E-state index in [4.69, 9.17) is 9.47 Å². The smallest absolute Gasteiger partial charge is 0.262 e. The molecular formula is C17H14N2O3S. The van der Waals surface area contributed by atoms with Crippen LogP contribution in [0.1, 0.15) is 16.0 Å². The molecule has 2 heterocycles. The first-order valence-electron chi connectivity index (χ1n) is 7.00. The lowest BCUT2D eigenvalue weighted by atomic mass is 10.1. The molecule has 6 heteroatoms. The summed E-state index contributed by atoms with van der Waals surface area (Å²) in [5, 5.41) is 13.9. The van der Waals surface area contributed by atoms with Gasteiger partial charge in [-0.15, -0.1) is 11.3 Å². The summed E-state index contributed by atoms with van der Waals surface area (Å²) in [5.74, 6) is 0.978. The average Bonchev–Trinajstić information content (AvgIpc) is 3.18. The molecule has 1 aliphatic heterocycles. The van der Waals surface area contributed by atoms with Crippen molar-refractivity contribution in [2.45, 2.75) is 13.5 Å². The molecule has 0 saturated carbocycles. The molecule has 5 nitrogen and oxygen atoms in total. The third kappa shape index (κ3) is 3.35. The number of nitrogens with zero attached hydrogens (tertiary/aromatic N) is 1. The molecule has 23 heavy (non-hydrogen) atoms. The Morgan fingerprint density at radius 3 is 2.96 bits per heavy atom. The first kappa shape index (κ1) is 15.1. The van der Waals surface area contributed by atoms with Crippen molar-refractivity contribution in [3.05, 3.63) is 51.2 Å². The van der Waals surface area contributed by atoms with Crippen LogP contribution in [0.4, 0.5) is 0 Å². The molecule has 1 N–H and O–H groups in total. The van der Waals surface area contributed by atoms with Crippen LogP contribution in [-0.2, 0) is 11.3 Å². The van der Waals surface area contributed by atoms with Gasteiger partial charge in [-0.1, -0.05) is 6.07 Å². The molecule has 0 unspecified atom stereocenters. The van der Waals surface area contributed by atoms with E-state index in [0.717, 1.165) is 16.0 Å². The highest BCUT2D eigenvalue weighted by Gasteiger charge is 2.14. The van der Waals surface area contributed by atoms with Crippen molar-refractivity contribution in [3.63, 3.8) is 0 Å². The van der Waals surface area contributed by atoms with E-state index >= 15 is 0 Å². The third-order valence-electron chi connectivity index (χ3n) is 3.43. The lowest BCUT2D eigenvalue weighted by Crippen LogP contribution is -2.23. The van der Waals surface area contributed by atoms with Crippen molar-refractivity contribution in [1.29, 1.82) is 5.26 Å². The summed E-state index contributed by atoms with van der Waals surface area (Å²) in [6.45, 7) is 2.48. The minimum Gasteiger partial charge on any atom is -0.454 e. The number of rotatable bonds is 4. The molecule has 0 atom stereocenters. The van der Waals surface area contributed by atoms with Gasteiger partial charge in [-0.2, -0.15) is 5.26 Å². The predicted octanol–water partition coefficient (Wildman–Crippen LogP) is 3.01. The van der Waals surface area contributed by atoms with E-state index in [1.54, 1.807) is 12.1 Å². The minimum atomic E-state index is -0.391. The van der Waals surface area contributed by atoms with Gasteiger partial charge in [0.1, 0.15) is 11.6 Å². The monoisotopic (exact) mass is 326 g/mol. The molecule has 0 spiro atoms. The lowest BCUT2D eigenvalue weighted by Gasteiger charge is -2.05. The molecule has 0 radical (unpaired) electrons. The fourth-order valence-electron chi connectivity index (χ4n) is 2.14. The highest BCUT2D eigenvalue weighted by atomic mass is 32.1. The quantitative estimate of drug-likeness (QED) is 0.692. The summed E-state index contributed by atoms with van der Waals surface area (Å²) in [6, 6.07) is 9.39. The van der Waals surface area contributed by atoms with Crippen LogP contribution in [0.15, 0.2) is 35.2 Å². The molecule has 1 aromatic carbocycles. The first-order valence-corrected chi connectivity index (χ1v) is 7.88. The maximum Gasteiger partial charge on any atom is 0.262 e. The normalized spacial score (nSPS) is 12.8. The van der Waals surface area contributed by atoms with Gasteiger partial charge in [-0.3, -0.25) is 4.79 Å². The molecule has 1 amide bonds. The van der Waals surface area contributed by atoms with Crippen molar-refractivity contribution in [3.8, 4) is 17.6 Å². The van der Waals surface area contributed by atoms with E-state index < -0.39 is 5.91 Å². The number of thiophene rings is 1. The SMILES string of the molecule is Cc1ccsc1/C=C(/C#N)C(=O)NCc1ccc2c(c1)OCO2. The maximum absolute atomic E-state index is 12.2. The molecule has 1 aromatic heterocycles. The van der Waals surface area contributed by atoms with E-state index in [1.807, 2.05) is 36.6 Å². The molecule has 0 bridgehead atoms. The van der Waals surface area contributed by atoms with Crippen LogP contribution in [0, 0.1) is 18.3 Å². The minimum absolute atomic E-state index is 0.0938. The van der Waals surface area contributed by atoms with E-state index in [9.17, 15) is 10.1 Å². The number of carbonyl (C=O) groups is 1. The van der Waals surface area contributed by atoms with Gasteiger partial charge >= 0.3 is 0 Å². The number of carbonyl (C=O) groups excluding carboxylic acids is 1. The van der Waals surface area contributed by atoms with E-state index in [2.05, 4.69) is 5.32 Å². The van der Waals surface area contributed by atoms with Crippen molar-refractivity contribution in [1.82, 2.24) is 5.32 Å². The highest BCUT2D eigenvalue weighted by Crippen LogP contribution is 2.32. The van der Waals surface area contributed by atoms with Gasteiger partial charge in [-0.05, 0) is 47.7 Å². The fourth-order valence-corrected chi connectivity index (χ4v) is 3.00. The van der Waals surface area contributed by atoms with Gasteiger partial charge in [0, 0.05) is 11.4 Å². The second-order valence-corrected chi connectivity index (χ2v) is 5.96. The summed E-state index contributed by atoms with van der Waals surface area (Å²) in [5.41, 5.74) is 2.02. The largest absolute Gasteiger partial charge is 0.454 e. The Balaban J connectivity index is 1.68. The number of nitrogens with one attached hydrogen (secondary N) is 1. The molecule has 0 aliphatic carbocycles. The highest BCUT2D eigenvalue weighted by molar-refractivity contribution is 7.11. The number of benzene rings is 1. The second-order valence-electron chi connectivity index (χ2n) is 5.01. The van der Waals surface area contributed by atoms with Crippen molar-refractivity contribution in [2.75, 3.05) is 6.79 Å². The van der Waals surface area contributed by atoms with Gasteiger partial charge in [0.15, 0.2) is 11.5 Å². The Kier molecular flexibility index (Phi) is 4.31. The Hall–Kier alpha value is -2.78. The Bertz CT molecular complexity index is 817. The van der Waals surface area contributed by atoms with E-state index in [1.165, 1.54) is 11.3 Å². The van der Waals surface area contributed by atoms with Gasteiger partial charge in [-0.25, -0.2) is 0 Å². The number of ether oxygens (including phenoxy) is 2. The molecule has 1 aliphatic rings. The van der Waals surface area contributed by atoms with Gasteiger partial charge in [0.05, 0.1) is 0 Å². The van der Waals surface area contributed by atoms with Crippen LogP contribution in [0.25, 0.3) is 6.08 Å². The van der Waals surface area contributed by atoms with Crippen molar-refractivity contribution < 1.29 is 14.3 Å². The van der Waals surface area contributed by atoms with Gasteiger partial charge < -0.3 is 14.8 Å². The predicted molar refractivity (Wildman–Crippen MR) is 87.1 cm³/mol. The number of hydrogen-bond acceptors (Lipinski definition) is 5. The van der Waals surface area contributed by atoms with E-state index in [-0.39, 0.29) is 12.4 Å². The van der Waals surface area contributed by atoms with Crippen LogP contribution in [0.5, 0.6) is 11.5 Å². The van der Waals surface area contributed by atoms with Gasteiger partial charge in [0.25, 0.3) is 5.91 Å². The molecule has 3 rings (SSSR count). The fraction of sp³-hybridized carbons (Fsp3) is 0.176. The summed E-state index contributed by atoms with van der Waals surface area (Å²) in [7, 11) is 0. The van der Waals surface area contributed by atoms with Crippen LogP contribution in [-0.4, -0.2) is 12.7 Å². The van der Waals surface area contributed by atoms with Crippen LogP contribution in [0.3, 0.4) is 0 Å². The molecular weight excluding hydrogens is 312 g/mol. The zero-order chi connectivity index (χ0) is 16.2. The number of nitriles is 1. The molecule has 2 aromatic rings. The molecule has 116 valence electrons. The zero-order valence-electron chi connectivity index (χ0n) is 12.5. The average molecular weight is 326 g/mol. The zero-order valence-corrected chi connectivity index (χ0v) is 13.3. The lowest BCUT2D eigenvalue weighted by molar-refractivity contribution is -0.117. The number of amides is 1. The Morgan fingerprint density at radius 2 is 2.22 bits per heavy atom. The van der Waals surface area contributed by atoms with Crippen LogP contribution in [0.2, 0.25) is 0 Å². The topological polar surface area (TPSA) is 71.4 Å². The first-order chi connectivity index (χ1) is 11.2. The summed E-state index contributed by atoms with van der Waals surface area (Å²) < 4.78 is 10.5. The summed E-state index contributed by atoms with van der Waals surface area (Å²) >= 11 is 1.50. The third-order valence-corrected chi connectivity index (χ3v) is 4.40. The Labute approximate surface area is 137 Å². The summed E-state index contributed by atoms with van der Waals surface area (Å²) in [6.07, 6.45) is 1.62. The standard InChI is InChI=1S/C17H14N2O3S/c1-11-4-5-23-16(11)7-13(8-18)17(20)19-9-12-2-3-14-15(6-12)22-10-21-14/h2-7H,9-10H2,1H3,(H,19,20)/b13-7-. The van der Waals surface area contributed by atoms with Crippen LogP contribution < -0.4 is 14.8 Å². The second kappa shape index (κ2) is 6.55. The van der Waals surface area contributed by atoms with Crippen LogP contribution >= 0.6 is 11.3 Å². The summed E-state index contributed by atoms with van der Waals surface area (Å²) in [4.78, 5) is 13.1.